The van der Waals surface area contributed by atoms with E-state index in [1.165, 1.54) is 0 Å². The van der Waals surface area contributed by atoms with Gasteiger partial charge in [-0.15, -0.1) is 5.10 Å². The van der Waals surface area contributed by atoms with Crippen LogP contribution in [0.2, 0.25) is 0 Å². The second kappa shape index (κ2) is 5.99. The Labute approximate surface area is 125 Å². The molecule has 112 valence electrons. The second-order valence-electron chi connectivity index (χ2n) is 4.62. The van der Waals surface area contributed by atoms with Crippen LogP contribution in [0.1, 0.15) is 11.3 Å². The van der Waals surface area contributed by atoms with Crippen molar-refractivity contribution >= 4 is 5.96 Å². The molecule has 5 N–H and O–H groups in total. The molecule has 0 aliphatic heterocycles. The molecule has 10 nitrogen and oxygen atoms in total. The van der Waals surface area contributed by atoms with Crippen molar-refractivity contribution in [2.45, 2.75) is 13.1 Å². The summed E-state index contributed by atoms with van der Waals surface area (Å²) in [6.45, 7) is 1.01. The highest BCUT2D eigenvalue weighted by molar-refractivity contribution is 5.69. The number of hydrogen-bond acceptors (Lipinski definition) is 5. The average molecular weight is 298 g/mol. The highest BCUT2D eigenvalue weighted by Gasteiger charge is 2.03. The lowest BCUT2D eigenvalue weighted by molar-refractivity contribution is -0.478. The predicted molar refractivity (Wildman–Crippen MR) is 75.8 cm³/mol. The molecule has 0 amide bonds. The lowest BCUT2D eigenvalue weighted by Gasteiger charge is -2.04. The molecule has 2 heterocycles. The maximum absolute atomic E-state index is 5.34. The van der Waals surface area contributed by atoms with E-state index in [9.17, 15) is 0 Å². The maximum atomic E-state index is 5.34. The summed E-state index contributed by atoms with van der Waals surface area (Å²) in [5.74, 6) is 0.651. The molecular weight excluding hydrogens is 284 g/mol. The van der Waals surface area contributed by atoms with Gasteiger partial charge in [0.2, 0.25) is 0 Å². The second-order valence-corrected chi connectivity index (χ2v) is 4.62. The number of tetrazole rings is 1. The van der Waals surface area contributed by atoms with E-state index >= 15 is 0 Å². The number of nitrogens with two attached hydrogens (primary N) is 2. The molecule has 0 atom stereocenters. The Morgan fingerprint density at radius 3 is 2.95 bits per heavy atom. The van der Waals surface area contributed by atoms with Gasteiger partial charge in [-0.3, -0.25) is 26.8 Å². The van der Waals surface area contributed by atoms with Crippen LogP contribution in [-0.4, -0.2) is 36.5 Å². The molecule has 0 unspecified atom stereocenters. The number of guanidine groups is 1. The number of nitrogens with zero attached hydrogens (tertiary/aromatic N) is 7. The lowest BCUT2D eigenvalue weighted by atomic mass is 10.1. The minimum absolute atomic E-state index is 0.152. The summed E-state index contributed by atoms with van der Waals surface area (Å²) in [7, 11) is 0. The summed E-state index contributed by atoms with van der Waals surface area (Å²) in [6, 6.07) is 7.77. The van der Waals surface area contributed by atoms with Crippen molar-refractivity contribution in [3.63, 3.8) is 0 Å². The molecule has 0 aliphatic carbocycles. The molecular formula is C12H14N10. The number of benzene rings is 1. The van der Waals surface area contributed by atoms with Gasteiger partial charge in [0.1, 0.15) is 12.2 Å². The van der Waals surface area contributed by atoms with Crippen LogP contribution >= 0.6 is 0 Å². The molecule has 0 bridgehead atoms. The van der Waals surface area contributed by atoms with Gasteiger partial charge in [0.25, 0.3) is 0 Å². The van der Waals surface area contributed by atoms with E-state index in [2.05, 4.69) is 35.9 Å². The normalized spacial score (nSPS) is 10.5. The first-order chi connectivity index (χ1) is 10.7. The van der Waals surface area contributed by atoms with E-state index in [1.54, 1.807) is 4.68 Å². The zero-order valence-electron chi connectivity index (χ0n) is 11.6. The van der Waals surface area contributed by atoms with Gasteiger partial charge < -0.3 is 5.10 Å². The van der Waals surface area contributed by atoms with E-state index in [0.29, 0.717) is 18.9 Å². The highest BCUT2D eigenvalue weighted by Crippen LogP contribution is 2.15. The molecule has 10 heteroatoms. The molecule has 3 aromatic rings. The van der Waals surface area contributed by atoms with Gasteiger partial charge in [-0.05, 0) is 17.2 Å². The van der Waals surface area contributed by atoms with Crippen molar-refractivity contribution in [1.82, 2.24) is 35.6 Å². The first kappa shape index (κ1) is 13.7. The molecule has 3 rings (SSSR count). The quantitative estimate of drug-likeness (QED) is 0.333. The fourth-order valence-corrected chi connectivity index (χ4v) is 1.95. The monoisotopic (exact) mass is 298 g/mol. The molecule has 0 aliphatic rings. The van der Waals surface area contributed by atoms with Crippen LogP contribution in [0.5, 0.6) is 0 Å². The van der Waals surface area contributed by atoms with E-state index in [4.69, 9.17) is 11.5 Å². The lowest BCUT2D eigenvalue weighted by Crippen LogP contribution is -2.76. The van der Waals surface area contributed by atoms with Gasteiger partial charge in [0, 0.05) is 5.82 Å². The molecule has 2 aromatic heterocycles. The van der Waals surface area contributed by atoms with Crippen LogP contribution in [0.3, 0.4) is 0 Å². The molecule has 0 fully saturated rings. The van der Waals surface area contributed by atoms with Crippen LogP contribution in [0.25, 0.3) is 11.4 Å². The summed E-state index contributed by atoms with van der Waals surface area (Å²) in [5, 5.41) is 22.7. The first-order valence-corrected chi connectivity index (χ1v) is 6.49. The Balaban J connectivity index is 1.73. The number of nitrogens with one attached hydrogen (secondary N) is 1. The smallest absolute Gasteiger partial charge is 0.330 e. The van der Waals surface area contributed by atoms with E-state index < -0.39 is 0 Å². The largest absolute Gasteiger partial charge is 0.339 e. The minimum atomic E-state index is 0.152. The topological polar surface area (TPSA) is 149 Å². The van der Waals surface area contributed by atoms with E-state index in [1.807, 2.05) is 30.5 Å². The van der Waals surface area contributed by atoms with Crippen molar-refractivity contribution in [1.29, 1.82) is 0 Å². The van der Waals surface area contributed by atoms with Gasteiger partial charge in [0.15, 0.2) is 0 Å². The number of rotatable bonds is 5. The zero-order chi connectivity index (χ0) is 15.4. The highest BCUT2D eigenvalue weighted by atomic mass is 15.5. The molecule has 1 aromatic carbocycles. The molecule has 0 radical (unpaired) electrons. The van der Waals surface area contributed by atoms with Crippen molar-refractivity contribution in [3.8, 4) is 11.4 Å². The fraction of sp³-hybridized carbons (Fsp3) is 0.167. The summed E-state index contributed by atoms with van der Waals surface area (Å²) in [6.07, 6.45) is 1.82. The van der Waals surface area contributed by atoms with Crippen molar-refractivity contribution < 1.29 is 4.99 Å². The summed E-state index contributed by atoms with van der Waals surface area (Å²) >= 11 is 0. The van der Waals surface area contributed by atoms with Gasteiger partial charge in [0.05, 0.1) is 12.7 Å². The molecule has 0 saturated carbocycles. The van der Waals surface area contributed by atoms with Crippen LogP contribution < -0.4 is 21.6 Å². The summed E-state index contributed by atoms with van der Waals surface area (Å²) in [5.41, 5.74) is 13.3. The molecule has 22 heavy (non-hydrogen) atoms. The SMILES string of the molecule is NC(N)=[NH+]Cc1cn(Cc2cccc(-c3nnn[n-]3)c2)nn1. The number of hydrogen-bond donors (Lipinski definition) is 3. The van der Waals surface area contributed by atoms with Crippen LogP contribution in [0.4, 0.5) is 0 Å². The van der Waals surface area contributed by atoms with Gasteiger partial charge >= 0.3 is 5.96 Å². The first-order valence-electron chi connectivity index (χ1n) is 6.49. The third-order valence-corrected chi connectivity index (χ3v) is 2.91. The molecule has 0 spiro atoms. The van der Waals surface area contributed by atoms with Crippen molar-refractivity contribution in [2.24, 2.45) is 11.5 Å². The standard InChI is InChI=1S/C12H13N10/c13-12(14)15-5-10-7-22(21-16-10)6-8-2-1-3-9(4-8)11-17-19-20-18-11/h1-4,7H,5-6H2,(H4-,13,14,15,17,18,19,20)/q-1/p+1. The Kier molecular flexibility index (Phi) is 3.72. The average Bonchev–Trinajstić information content (AvgIpc) is 3.17. The summed E-state index contributed by atoms with van der Waals surface area (Å²) in [4.78, 5) is 2.79. The van der Waals surface area contributed by atoms with Gasteiger partial charge in [-0.2, -0.15) is 5.21 Å². The number of aromatic nitrogens is 7. The maximum Gasteiger partial charge on any atom is 0.339 e. The predicted octanol–water partition coefficient (Wildman–Crippen LogP) is -3.01. The van der Waals surface area contributed by atoms with Crippen LogP contribution in [0, 0.1) is 0 Å². The van der Waals surface area contributed by atoms with Crippen LogP contribution in [-0.2, 0) is 13.1 Å². The third kappa shape index (κ3) is 3.23. The van der Waals surface area contributed by atoms with E-state index in [0.717, 1.165) is 16.8 Å². The molecule has 0 saturated heterocycles. The Morgan fingerprint density at radius 1 is 1.27 bits per heavy atom. The van der Waals surface area contributed by atoms with Crippen LogP contribution in [0.15, 0.2) is 30.5 Å². The Hall–Kier alpha value is -3.30. The Bertz CT molecular complexity index is 769. The van der Waals surface area contributed by atoms with Gasteiger partial charge in [-0.25, -0.2) is 4.68 Å². The Morgan fingerprint density at radius 2 is 2.18 bits per heavy atom. The van der Waals surface area contributed by atoms with Crippen molar-refractivity contribution in [2.75, 3.05) is 0 Å². The van der Waals surface area contributed by atoms with E-state index in [-0.39, 0.29) is 5.96 Å². The fourth-order valence-electron chi connectivity index (χ4n) is 1.95. The van der Waals surface area contributed by atoms with Gasteiger partial charge in [-0.1, -0.05) is 23.4 Å². The third-order valence-electron chi connectivity index (χ3n) is 2.91. The summed E-state index contributed by atoms with van der Waals surface area (Å²) < 4.78 is 1.73. The van der Waals surface area contributed by atoms with Crippen molar-refractivity contribution in [3.05, 3.63) is 41.7 Å². The zero-order valence-corrected chi connectivity index (χ0v) is 11.6. The minimum Gasteiger partial charge on any atom is -0.330 e.